The second-order valence-electron chi connectivity index (χ2n) is 4.29. The van der Waals surface area contributed by atoms with Gasteiger partial charge in [-0.15, -0.1) is 0 Å². The fourth-order valence-corrected chi connectivity index (χ4v) is 1.90. The van der Waals surface area contributed by atoms with Crippen molar-refractivity contribution in [1.29, 1.82) is 0 Å². The molecule has 2 heteroatoms. The van der Waals surface area contributed by atoms with Crippen molar-refractivity contribution >= 4 is 12.3 Å². The lowest BCUT2D eigenvalue weighted by Gasteiger charge is -1.99. The van der Waals surface area contributed by atoms with Crippen molar-refractivity contribution in [2.24, 2.45) is 0 Å². The van der Waals surface area contributed by atoms with Gasteiger partial charge in [-0.3, -0.25) is 0 Å². The summed E-state index contributed by atoms with van der Waals surface area (Å²) in [5.41, 5.74) is 3.57. The zero-order chi connectivity index (χ0) is 12.3. The van der Waals surface area contributed by atoms with Crippen LogP contribution in [0.15, 0.2) is 30.5 Å². The summed E-state index contributed by atoms with van der Waals surface area (Å²) in [6.45, 7) is 6.26. The first-order chi connectivity index (χ1) is 8.19. The molecular formula is C15H18N2. The molecule has 0 bridgehead atoms. The number of nitrogens with zero attached hydrogens (tertiary/aromatic N) is 2. The summed E-state index contributed by atoms with van der Waals surface area (Å²) in [5, 5.41) is 0. The van der Waals surface area contributed by atoms with E-state index in [0.717, 1.165) is 17.9 Å². The summed E-state index contributed by atoms with van der Waals surface area (Å²) in [5.74, 6) is 1.10. The fraction of sp³-hybridized carbons (Fsp3) is 0.267. The first-order valence-corrected chi connectivity index (χ1v) is 5.98. The highest BCUT2D eigenvalue weighted by Gasteiger charge is 1.99. The average Bonchev–Trinajstić information content (AvgIpc) is 2.67. The van der Waals surface area contributed by atoms with E-state index in [2.05, 4.69) is 66.1 Å². The lowest BCUT2D eigenvalue weighted by molar-refractivity contribution is 0.922. The van der Waals surface area contributed by atoms with Crippen molar-refractivity contribution in [3.63, 3.8) is 0 Å². The predicted octanol–water partition coefficient (Wildman–Crippen LogP) is 3.69. The van der Waals surface area contributed by atoms with Crippen LogP contribution in [0, 0.1) is 13.8 Å². The van der Waals surface area contributed by atoms with E-state index in [1.807, 2.05) is 6.92 Å². The van der Waals surface area contributed by atoms with E-state index < -0.39 is 0 Å². The molecule has 0 amide bonds. The van der Waals surface area contributed by atoms with Crippen LogP contribution >= 0.6 is 0 Å². The van der Waals surface area contributed by atoms with E-state index in [9.17, 15) is 0 Å². The predicted molar refractivity (Wildman–Crippen MR) is 72.7 cm³/mol. The Balaban J connectivity index is 2.25. The van der Waals surface area contributed by atoms with Crippen LogP contribution in [0.5, 0.6) is 0 Å². The average molecular weight is 226 g/mol. The molecule has 0 atom stereocenters. The largest absolute Gasteiger partial charge is 0.310 e. The van der Waals surface area contributed by atoms with Crippen molar-refractivity contribution in [1.82, 2.24) is 9.55 Å². The number of hydrogen-bond donors (Lipinski definition) is 0. The van der Waals surface area contributed by atoms with Crippen LogP contribution in [0.25, 0.3) is 12.3 Å². The van der Waals surface area contributed by atoms with E-state index in [1.165, 1.54) is 11.1 Å². The Hall–Kier alpha value is -1.83. The first-order valence-electron chi connectivity index (χ1n) is 5.98. The Labute approximate surface area is 103 Å². The van der Waals surface area contributed by atoms with Crippen molar-refractivity contribution in [2.45, 2.75) is 27.2 Å². The number of hydrogen-bond acceptors (Lipinski definition) is 1. The Morgan fingerprint density at radius 1 is 1.29 bits per heavy atom. The van der Waals surface area contributed by atoms with Crippen LogP contribution in [0.3, 0.4) is 0 Å². The van der Waals surface area contributed by atoms with Gasteiger partial charge in [0.15, 0.2) is 0 Å². The van der Waals surface area contributed by atoms with E-state index in [4.69, 9.17) is 0 Å². The van der Waals surface area contributed by atoms with Crippen molar-refractivity contribution < 1.29 is 0 Å². The van der Waals surface area contributed by atoms with E-state index in [0.29, 0.717) is 0 Å². The van der Waals surface area contributed by atoms with Crippen LogP contribution in [0.2, 0.25) is 0 Å². The van der Waals surface area contributed by atoms with Crippen molar-refractivity contribution in [2.75, 3.05) is 0 Å². The highest BCUT2D eigenvalue weighted by Crippen LogP contribution is 2.09. The maximum atomic E-state index is 4.47. The summed E-state index contributed by atoms with van der Waals surface area (Å²) in [4.78, 5) is 4.47. The second-order valence-corrected chi connectivity index (χ2v) is 4.29. The standard InChI is InChI=1S/C15H18N2/c1-4-15-16-13(3)11-17(15)9-8-14-7-5-6-12(2)10-14/h5-11H,4H2,1-3H3/b9-8-. The minimum absolute atomic E-state index is 0.950. The minimum Gasteiger partial charge on any atom is -0.310 e. The van der Waals surface area contributed by atoms with Crippen LogP contribution in [-0.4, -0.2) is 9.55 Å². The maximum Gasteiger partial charge on any atom is 0.112 e. The van der Waals surface area contributed by atoms with E-state index in [1.54, 1.807) is 0 Å². The number of imidazole rings is 1. The van der Waals surface area contributed by atoms with Crippen LogP contribution in [0.1, 0.15) is 29.6 Å². The van der Waals surface area contributed by atoms with Gasteiger partial charge >= 0.3 is 0 Å². The zero-order valence-electron chi connectivity index (χ0n) is 10.6. The molecule has 0 spiro atoms. The second kappa shape index (κ2) is 5.00. The molecule has 0 unspecified atom stereocenters. The van der Waals surface area contributed by atoms with Gasteiger partial charge in [-0.1, -0.05) is 36.8 Å². The third kappa shape index (κ3) is 2.84. The first kappa shape index (κ1) is 11.6. The van der Waals surface area contributed by atoms with E-state index in [-0.39, 0.29) is 0 Å². The Morgan fingerprint density at radius 3 is 2.82 bits per heavy atom. The van der Waals surface area contributed by atoms with Gasteiger partial charge in [0, 0.05) is 18.8 Å². The van der Waals surface area contributed by atoms with Gasteiger partial charge < -0.3 is 4.57 Å². The normalized spacial score (nSPS) is 11.2. The van der Waals surface area contributed by atoms with E-state index >= 15 is 0 Å². The molecule has 0 saturated carbocycles. The summed E-state index contributed by atoms with van der Waals surface area (Å²) in [7, 11) is 0. The minimum atomic E-state index is 0.950. The Kier molecular flexibility index (Phi) is 3.43. The van der Waals surface area contributed by atoms with Gasteiger partial charge in [-0.2, -0.15) is 0 Å². The molecule has 0 radical (unpaired) electrons. The topological polar surface area (TPSA) is 17.8 Å². The van der Waals surface area contributed by atoms with Gasteiger partial charge in [0.2, 0.25) is 0 Å². The third-order valence-corrected chi connectivity index (χ3v) is 2.72. The molecule has 2 rings (SSSR count). The molecule has 2 nitrogen and oxygen atoms in total. The molecule has 1 heterocycles. The molecule has 0 aliphatic heterocycles. The highest BCUT2D eigenvalue weighted by molar-refractivity contribution is 5.61. The molecule has 2 aromatic rings. The number of rotatable bonds is 3. The molecule has 0 fully saturated rings. The Bertz CT molecular complexity index is 536. The SMILES string of the molecule is CCc1nc(C)cn1/C=C\c1cccc(C)c1. The van der Waals surface area contributed by atoms with Gasteiger partial charge in [-0.05, 0) is 25.5 Å². The van der Waals surface area contributed by atoms with Crippen LogP contribution < -0.4 is 0 Å². The van der Waals surface area contributed by atoms with Crippen LogP contribution in [0.4, 0.5) is 0 Å². The van der Waals surface area contributed by atoms with Gasteiger partial charge in [0.1, 0.15) is 5.82 Å². The number of benzene rings is 1. The summed E-state index contributed by atoms with van der Waals surface area (Å²) < 4.78 is 2.09. The maximum absolute atomic E-state index is 4.47. The molecule has 0 aliphatic carbocycles. The smallest absolute Gasteiger partial charge is 0.112 e. The van der Waals surface area contributed by atoms with Gasteiger partial charge in [0.25, 0.3) is 0 Å². The van der Waals surface area contributed by atoms with Gasteiger partial charge in [-0.25, -0.2) is 4.98 Å². The summed E-state index contributed by atoms with van der Waals surface area (Å²) >= 11 is 0. The monoisotopic (exact) mass is 226 g/mol. The quantitative estimate of drug-likeness (QED) is 0.780. The fourth-order valence-electron chi connectivity index (χ4n) is 1.90. The lowest BCUT2D eigenvalue weighted by atomic mass is 10.1. The molecule has 0 aliphatic rings. The highest BCUT2D eigenvalue weighted by atomic mass is 15.1. The molecule has 1 aromatic heterocycles. The zero-order valence-corrected chi connectivity index (χ0v) is 10.6. The third-order valence-electron chi connectivity index (χ3n) is 2.72. The summed E-state index contributed by atoms with van der Waals surface area (Å²) in [6.07, 6.45) is 7.21. The number of aromatic nitrogens is 2. The molecule has 1 aromatic carbocycles. The van der Waals surface area contributed by atoms with Gasteiger partial charge in [0.05, 0.1) is 5.69 Å². The molecule has 88 valence electrons. The van der Waals surface area contributed by atoms with Crippen molar-refractivity contribution in [3.05, 3.63) is 53.1 Å². The molecular weight excluding hydrogens is 208 g/mol. The number of aryl methyl sites for hydroxylation is 3. The molecule has 17 heavy (non-hydrogen) atoms. The molecule has 0 saturated heterocycles. The lowest BCUT2D eigenvalue weighted by Crippen LogP contribution is -1.92. The Morgan fingerprint density at radius 2 is 2.12 bits per heavy atom. The molecule has 0 N–H and O–H groups in total. The van der Waals surface area contributed by atoms with Crippen molar-refractivity contribution in [3.8, 4) is 0 Å². The van der Waals surface area contributed by atoms with Crippen LogP contribution in [-0.2, 0) is 6.42 Å². The summed E-state index contributed by atoms with van der Waals surface area (Å²) in [6, 6.07) is 8.47.